The third-order valence-corrected chi connectivity index (χ3v) is 4.01. The molecular weight excluding hydrogens is 326 g/mol. The molecule has 8 heteroatoms. The summed E-state index contributed by atoms with van der Waals surface area (Å²) >= 11 is 1.26. The maximum Gasteiger partial charge on any atom is 0.325 e. The van der Waals surface area contributed by atoms with E-state index in [0.29, 0.717) is 21.4 Å². The first kappa shape index (κ1) is 15.8. The van der Waals surface area contributed by atoms with Crippen LogP contribution in [-0.2, 0) is 0 Å². The van der Waals surface area contributed by atoms with E-state index < -0.39 is 6.03 Å². The number of aromatic nitrogens is 3. The summed E-state index contributed by atoms with van der Waals surface area (Å²) in [5.74, 6) is -0.0245. The van der Waals surface area contributed by atoms with E-state index in [1.165, 1.54) is 18.3 Å². The Balaban J connectivity index is 1.63. The van der Waals surface area contributed by atoms with Crippen LogP contribution in [-0.4, -0.2) is 27.0 Å². The summed E-state index contributed by atoms with van der Waals surface area (Å²) in [6.45, 7) is 1.49. The fourth-order valence-corrected chi connectivity index (χ4v) is 2.68. The number of carbonyl (C=O) groups is 2. The molecule has 0 aliphatic carbocycles. The van der Waals surface area contributed by atoms with Gasteiger partial charge in [0.05, 0.1) is 0 Å². The average molecular weight is 339 g/mol. The average Bonchev–Trinajstić information content (AvgIpc) is 3.04. The minimum absolute atomic E-state index is 0.0245. The highest BCUT2D eigenvalue weighted by Crippen LogP contribution is 2.25. The molecule has 0 bridgehead atoms. The number of pyridine rings is 1. The topological polar surface area (TPSA) is 96.9 Å². The van der Waals surface area contributed by atoms with Crippen molar-refractivity contribution in [2.75, 3.05) is 10.6 Å². The molecule has 120 valence electrons. The second-order valence-electron chi connectivity index (χ2n) is 4.86. The van der Waals surface area contributed by atoms with E-state index in [1.807, 2.05) is 12.1 Å². The zero-order valence-electron chi connectivity index (χ0n) is 12.7. The van der Waals surface area contributed by atoms with Crippen LogP contribution >= 0.6 is 11.3 Å². The number of anilines is 2. The Morgan fingerprint density at radius 1 is 0.958 bits per heavy atom. The first-order chi connectivity index (χ1) is 11.6. The summed E-state index contributed by atoms with van der Waals surface area (Å²) in [6.07, 6.45) is 3.34. The lowest BCUT2D eigenvalue weighted by Gasteiger charge is -2.05. The van der Waals surface area contributed by atoms with Gasteiger partial charge in [-0.25, -0.2) is 4.79 Å². The number of amides is 2. The molecule has 0 spiro atoms. The van der Waals surface area contributed by atoms with Gasteiger partial charge in [-0.1, -0.05) is 11.3 Å². The standard InChI is InChI=1S/C16H13N5O2S/c1-10(22)11-2-4-13(5-3-11)18-15(23)19-16-21-20-14(24-16)12-6-8-17-9-7-12/h2-9H,1H3,(H2,18,19,21,23). The summed E-state index contributed by atoms with van der Waals surface area (Å²) < 4.78 is 0. The Morgan fingerprint density at radius 3 is 2.33 bits per heavy atom. The molecule has 24 heavy (non-hydrogen) atoms. The number of hydrogen-bond donors (Lipinski definition) is 2. The molecule has 0 aliphatic rings. The normalized spacial score (nSPS) is 10.2. The zero-order valence-corrected chi connectivity index (χ0v) is 13.5. The van der Waals surface area contributed by atoms with E-state index in [2.05, 4.69) is 25.8 Å². The fourth-order valence-electron chi connectivity index (χ4n) is 1.93. The van der Waals surface area contributed by atoms with Crippen molar-refractivity contribution in [2.24, 2.45) is 0 Å². The van der Waals surface area contributed by atoms with E-state index in [0.717, 1.165) is 5.56 Å². The molecule has 0 unspecified atom stereocenters. The van der Waals surface area contributed by atoms with Gasteiger partial charge in [0.1, 0.15) is 5.01 Å². The molecule has 3 rings (SSSR count). The van der Waals surface area contributed by atoms with Gasteiger partial charge in [-0.15, -0.1) is 10.2 Å². The maximum atomic E-state index is 12.0. The highest BCUT2D eigenvalue weighted by atomic mass is 32.1. The van der Waals surface area contributed by atoms with Crippen LogP contribution in [0, 0.1) is 0 Å². The van der Waals surface area contributed by atoms with Crippen LogP contribution in [0.2, 0.25) is 0 Å². The number of carbonyl (C=O) groups excluding carboxylic acids is 2. The van der Waals surface area contributed by atoms with Crippen LogP contribution in [0.3, 0.4) is 0 Å². The molecule has 2 N–H and O–H groups in total. The van der Waals surface area contributed by atoms with Crippen molar-refractivity contribution in [3.63, 3.8) is 0 Å². The first-order valence-electron chi connectivity index (χ1n) is 7.05. The van der Waals surface area contributed by atoms with E-state index in [-0.39, 0.29) is 5.78 Å². The minimum atomic E-state index is -0.428. The van der Waals surface area contributed by atoms with Gasteiger partial charge in [0, 0.05) is 29.2 Å². The van der Waals surface area contributed by atoms with Crippen LogP contribution in [0.5, 0.6) is 0 Å². The number of benzene rings is 1. The Hall–Kier alpha value is -3.13. The second kappa shape index (κ2) is 6.97. The third-order valence-electron chi connectivity index (χ3n) is 3.12. The molecule has 3 aromatic rings. The number of ketones is 1. The zero-order chi connectivity index (χ0) is 16.9. The lowest BCUT2D eigenvalue weighted by atomic mass is 10.1. The monoisotopic (exact) mass is 339 g/mol. The van der Waals surface area contributed by atoms with Gasteiger partial charge < -0.3 is 5.32 Å². The number of Topliss-reactive ketones (excluding diaryl/α,β-unsaturated/α-hetero) is 1. The van der Waals surface area contributed by atoms with E-state index in [9.17, 15) is 9.59 Å². The third kappa shape index (κ3) is 3.79. The molecule has 0 radical (unpaired) electrons. The first-order valence-corrected chi connectivity index (χ1v) is 7.86. The van der Waals surface area contributed by atoms with Crippen LogP contribution < -0.4 is 10.6 Å². The molecule has 7 nitrogen and oxygen atoms in total. The summed E-state index contributed by atoms with van der Waals surface area (Å²) in [7, 11) is 0. The number of nitrogens with zero attached hydrogens (tertiary/aromatic N) is 3. The summed E-state index contributed by atoms with van der Waals surface area (Å²) in [6, 6.07) is 9.86. The highest BCUT2D eigenvalue weighted by Gasteiger charge is 2.10. The molecule has 2 aromatic heterocycles. The largest absolute Gasteiger partial charge is 0.325 e. The molecule has 0 atom stereocenters. The minimum Gasteiger partial charge on any atom is -0.308 e. The van der Waals surface area contributed by atoms with Gasteiger partial charge in [-0.2, -0.15) is 0 Å². The number of urea groups is 1. The lowest BCUT2D eigenvalue weighted by Crippen LogP contribution is -2.19. The molecule has 1 aromatic carbocycles. The van der Waals surface area contributed by atoms with Crippen molar-refractivity contribution in [1.29, 1.82) is 0 Å². The molecule has 0 saturated heterocycles. The summed E-state index contributed by atoms with van der Waals surface area (Å²) in [4.78, 5) is 27.2. The van der Waals surface area contributed by atoms with E-state index in [4.69, 9.17) is 0 Å². The fraction of sp³-hybridized carbons (Fsp3) is 0.0625. The summed E-state index contributed by atoms with van der Waals surface area (Å²) in [5, 5.41) is 14.4. The number of hydrogen-bond acceptors (Lipinski definition) is 6. The maximum absolute atomic E-state index is 12.0. The molecule has 2 heterocycles. The lowest BCUT2D eigenvalue weighted by molar-refractivity contribution is 0.101. The van der Waals surface area contributed by atoms with Gasteiger partial charge in [0.2, 0.25) is 5.13 Å². The Bertz CT molecular complexity index is 862. The molecule has 0 fully saturated rings. The van der Waals surface area contributed by atoms with Crippen molar-refractivity contribution in [1.82, 2.24) is 15.2 Å². The van der Waals surface area contributed by atoms with Gasteiger partial charge in [0.15, 0.2) is 5.78 Å². The predicted molar refractivity (Wildman–Crippen MR) is 92.2 cm³/mol. The van der Waals surface area contributed by atoms with Crippen LogP contribution in [0.25, 0.3) is 10.6 Å². The van der Waals surface area contributed by atoms with Gasteiger partial charge in [0.25, 0.3) is 0 Å². The number of nitrogens with one attached hydrogen (secondary N) is 2. The SMILES string of the molecule is CC(=O)c1ccc(NC(=O)Nc2nnc(-c3ccncc3)s2)cc1. The van der Waals surface area contributed by atoms with Gasteiger partial charge in [-0.3, -0.25) is 15.1 Å². The van der Waals surface area contributed by atoms with E-state index in [1.54, 1.807) is 36.7 Å². The Morgan fingerprint density at radius 2 is 1.67 bits per heavy atom. The Labute approximate surface area is 141 Å². The summed E-state index contributed by atoms with van der Waals surface area (Å²) in [5.41, 5.74) is 2.05. The van der Waals surface area contributed by atoms with Gasteiger partial charge in [-0.05, 0) is 43.3 Å². The molecule has 2 amide bonds. The quantitative estimate of drug-likeness (QED) is 0.710. The number of rotatable bonds is 4. The second-order valence-corrected chi connectivity index (χ2v) is 5.84. The van der Waals surface area contributed by atoms with Crippen LogP contribution in [0.4, 0.5) is 15.6 Å². The van der Waals surface area contributed by atoms with Crippen molar-refractivity contribution in [3.8, 4) is 10.6 Å². The van der Waals surface area contributed by atoms with Crippen molar-refractivity contribution in [3.05, 3.63) is 54.4 Å². The smallest absolute Gasteiger partial charge is 0.308 e. The van der Waals surface area contributed by atoms with Crippen molar-refractivity contribution >= 4 is 34.0 Å². The Kier molecular flexibility index (Phi) is 4.57. The molecule has 0 aliphatic heterocycles. The van der Waals surface area contributed by atoms with Crippen LogP contribution in [0.1, 0.15) is 17.3 Å². The predicted octanol–water partition coefficient (Wildman–Crippen LogP) is 3.45. The molecular formula is C16H13N5O2S. The highest BCUT2D eigenvalue weighted by molar-refractivity contribution is 7.18. The van der Waals surface area contributed by atoms with E-state index >= 15 is 0 Å². The van der Waals surface area contributed by atoms with Gasteiger partial charge >= 0.3 is 6.03 Å². The van der Waals surface area contributed by atoms with Crippen LogP contribution in [0.15, 0.2) is 48.8 Å². The van der Waals surface area contributed by atoms with Crippen molar-refractivity contribution in [2.45, 2.75) is 6.92 Å². The molecule has 0 saturated carbocycles. The van der Waals surface area contributed by atoms with Crippen molar-refractivity contribution < 1.29 is 9.59 Å².